The highest BCUT2D eigenvalue weighted by Gasteiger charge is 2.14. The molecular formula is C24H20N5. The molecule has 0 amide bonds. The Kier molecular flexibility index (Phi) is 4.21. The van der Waals surface area contributed by atoms with Crippen molar-refractivity contribution in [1.29, 1.82) is 0 Å². The van der Waals surface area contributed by atoms with Gasteiger partial charge >= 0.3 is 0 Å². The summed E-state index contributed by atoms with van der Waals surface area (Å²) in [6, 6.07) is 18.5. The first-order valence-corrected chi connectivity index (χ1v) is 9.54. The maximum absolute atomic E-state index is 4.52. The fourth-order valence-corrected chi connectivity index (χ4v) is 3.54. The highest BCUT2D eigenvalue weighted by atomic mass is 15.1. The average molecular weight is 378 g/mol. The van der Waals surface area contributed by atoms with E-state index in [4.69, 9.17) is 0 Å². The van der Waals surface area contributed by atoms with E-state index in [0.717, 1.165) is 39.4 Å². The molecule has 5 nitrogen and oxygen atoms in total. The molecule has 0 saturated heterocycles. The van der Waals surface area contributed by atoms with Crippen molar-refractivity contribution in [1.82, 2.24) is 24.6 Å². The second kappa shape index (κ2) is 7.02. The second-order valence-electron chi connectivity index (χ2n) is 7.23. The van der Waals surface area contributed by atoms with Crippen molar-refractivity contribution in [3.05, 3.63) is 90.9 Å². The molecule has 5 aromatic rings. The van der Waals surface area contributed by atoms with Crippen molar-refractivity contribution in [2.75, 3.05) is 0 Å². The lowest BCUT2D eigenvalue weighted by Crippen LogP contribution is -1.92. The SMILES string of the molecule is C[C](C)c1ccc(-c2n[nH]cc2-c2ccc3ncc(-c4ccccn4)n3c2)cc1. The van der Waals surface area contributed by atoms with Crippen molar-refractivity contribution < 1.29 is 0 Å². The molecule has 1 radical (unpaired) electrons. The van der Waals surface area contributed by atoms with Crippen LogP contribution in [-0.2, 0) is 0 Å². The predicted octanol–water partition coefficient (Wildman–Crippen LogP) is 5.42. The largest absolute Gasteiger partial charge is 0.298 e. The third-order valence-corrected chi connectivity index (χ3v) is 5.12. The summed E-state index contributed by atoms with van der Waals surface area (Å²) < 4.78 is 2.08. The number of hydrogen-bond donors (Lipinski definition) is 1. The predicted molar refractivity (Wildman–Crippen MR) is 115 cm³/mol. The number of aromatic nitrogens is 5. The summed E-state index contributed by atoms with van der Waals surface area (Å²) in [5.41, 5.74) is 8.13. The molecule has 0 unspecified atom stereocenters. The molecule has 0 aliphatic carbocycles. The molecule has 0 spiro atoms. The molecule has 5 rings (SSSR count). The van der Waals surface area contributed by atoms with Crippen LogP contribution in [-0.4, -0.2) is 24.6 Å². The lowest BCUT2D eigenvalue weighted by atomic mass is 9.98. The number of pyridine rings is 2. The van der Waals surface area contributed by atoms with Gasteiger partial charge in [0, 0.05) is 35.3 Å². The van der Waals surface area contributed by atoms with Gasteiger partial charge in [0.05, 0.1) is 23.3 Å². The van der Waals surface area contributed by atoms with Crippen LogP contribution in [0.5, 0.6) is 0 Å². The molecule has 5 heteroatoms. The topological polar surface area (TPSA) is 58.9 Å². The van der Waals surface area contributed by atoms with E-state index in [1.807, 2.05) is 36.7 Å². The minimum Gasteiger partial charge on any atom is -0.298 e. The first kappa shape index (κ1) is 17.4. The lowest BCUT2D eigenvalue weighted by molar-refractivity contribution is 1.09. The molecule has 0 atom stereocenters. The first-order valence-electron chi connectivity index (χ1n) is 9.54. The van der Waals surface area contributed by atoms with Crippen LogP contribution in [0.1, 0.15) is 19.4 Å². The van der Waals surface area contributed by atoms with Gasteiger partial charge in [-0.15, -0.1) is 0 Å². The quantitative estimate of drug-likeness (QED) is 0.454. The molecule has 0 aliphatic heterocycles. The van der Waals surface area contributed by atoms with E-state index in [0.29, 0.717) is 0 Å². The number of fused-ring (bicyclic) bond motifs is 1. The van der Waals surface area contributed by atoms with Gasteiger partial charge < -0.3 is 0 Å². The minimum absolute atomic E-state index is 0.887. The monoisotopic (exact) mass is 378 g/mol. The number of imidazole rings is 1. The summed E-state index contributed by atoms with van der Waals surface area (Å²) in [6.45, 7) is 4.24. The summed E-state index contributed by atoms with van der Waals surface area (Å²) >= 11 is 0. The summed E-state index contributed by atoms with van der Waals surface area (Å²) in [5.74, 6) is 1.30. The van der Waals surface area contributed by atoms with Crippen LogP contribution in [0.3, 0.4) is 0 Å². The van der Waals surface area contributed by atoms with Crippen molar-refractivity contribution >= 4 is 5.65 Å². The van der Waals surface area contributed by atoms with Crippen LogP contribution in [0.2, 0.25) is 0 Å². The number of nitrogens with one attached hydrogen (secondary N) is 1. The number of H-pyrrole nitrogens is 1. The van der Waals surface area contributed by atoms with Crippen LogP contribution in [0, 0.1) is 5.92 Å². The van der Waals surface area contributed by atoms with E-state index in [2.05, 4.69) is 74.9 Å². The molecule has 1 N–H and O–H groups in total. The van der Waals surface area contributed by atoms with E-state index in [9.17, 15) is 0 Å². The molecule has 4 aromatic heterocycles. The van der Waals surface area contributed by atoms with Crippen LogP contribution in [0.25, 0.3) is 39.4 Å². The van der Waals surface area contributed by atoms with Crippen molar-refractivity contribution in [3.8, 4) is 33.8 Å². The molecule has 0 fully saturated rings. The molecule has 4 heterocycles. The van der Waals surface area contributed by atoms with E-state index in [1.165, 1.54) is 11.5 Å². The number of hydrogen-bond acceptors (Lipinski definition) is 3. The Labute approximate surface area is 169 Å². The van der Waals surface area contributed by atoms with E-state index in [-0.39, 0.29) is 0 Å². The summed E-state index contributed by atoms with van der Waals surface area (Å²) in [5, 5.41) is 7.55. The van der Waals surface area contributed by atoms with Gasteiger partial charge in [0.25, 0.3) is 0 Å². The highest BCUT2D eigenvalue weighted by molar-refractivity contribution is 5.81. The van der Waals surface area contributed by atoms with Crippen LogP contribution in [0.4, 0.5) is 0 Å². The maximum atomic E-state index is 4.52. The molecule has 0 aliphatic rings. The van der Waals surface area contributed by atoms with Crippen LogP contribution < -0.4 is 0 Å². The van der Waals surface area contributed by atoms with Crippen LogP contribution in [0.15, 0.2) is 79.4 Å². The van der Waals surface area contributed by atoms with E-state index in [1.54, 1.807) is 6.20 Å². The van der Waals surface area contributed by atoms with Crippen LogP contribution >= 0.6 is 0 Å². The van der Waals surface area contributed by atoms with Crippen molar-refractivity contribution in [2.24, 2.45) is 0 Å². The summed E-state index contributed by atoms with van der Waals surface area (Å²) in [4.78, 5) is 8.99. The van der Waals surface area contributed by atoms with Gasteiger partial charge in [-0.25, -0.2) is 4.98 Å². The first-order chi connectivity index (χ1) is 14.2. The van der Waals surface area contributed by atoms with Gasteiger partial charge in [0.1, 0.15) is 5.65 Å². The Morgan fingerprint density at radius 3 is 2.48 bits per heavy atom. The number of nitrogens with zero attached hydrogens (tertiary/aromatic N) is 4. The summed E-state index contributed by atoms with van der Waals surface area (Å²) in [6.07, 6.45) is 7.70. The summed E-state index contributed by atoms with van der Waals surface area (Å²) in [7, 11) is 0. The maximum Gasteiger partial charge on any atom is 0.137 e. The minimum atomic E-state index is 0.887. The molecule has 141 valence electrons. The zero-order chi connectivity index (χ0) is 19.8. The van der Waals surface area contributed by atoms with E-state index >= 15 is 0 Å². The molecule has 1 aromatic carbocycles. The standard InChI is InChI=1S/C24H20N5/c1-16(2)17-6-8-18(9-7-17)24-20(13-27-28-24)19-10-11-23-26-14-22(29(23)15-19)21-5-3-4-12-25-21/h3-15H,1-2H3,(H,27,28). The smallest absolute Gasteiger partial charge is 0.137 e. The van der Waals surface area contributed by atoms with Crippen molar-refractivity contribution in [2.45, 2.75) is 13.8 Å². The van der Waals surface area contributed by atoms with Gasteiger partial charge in [-0.3, -0.25) is 14.5 Å². The normalized spacial score (nSPS) is 11.4. The highest BCUT2D eigenvalue weighted by Crippen LogP contribution is 2.32. The van der Waals surface area contributed by atoms with Crippen molar-refractivity contribution in [3.63, 3.8) is 0 Å². The Hall–Kier alpha value is -3.73. The number of benzene rings is 1. The van der Waals surface area contributed by atoms with Gasteiger partial charge in [0.15, 0.2) is 0 Å². The van der Waals surface area contributed by atoms with Gasteiger partial charge in [0.2, 0.25) is 0 Å². The fourth-order valence-electron chi connectivity index (χ4n) is 3.54. The fraction of sp³-hybridized carbons (Fsp3) is 0.0833. The Bertz CT molecular complexity index is 1260. The average Bonchev–Trinajstić information content (AvgIpc) is 3.41. The number of rotatable bonds is 4. The Morgan fingerprint density at radius 1 is 0.897 bits per heavy atom. The van der Waals surface area contributed by atoms with Gasteiger partial charge in [-0.1, -0.05) is 44.2 Å². The third kappa shape index (κ3) is 3.10. The van der Waals surface area contributed by atoms with Gasteiger partial charge in [-0.05, 0) is 35.7 Å². The Balaban J connectivity index is 1.60. The zero-order valence-electron chi connectivity index (χ0n) is 16.3. The molecule has 0 bridgehead atoms. The third-order valence-electron chi connectivity index (χ3n) is 5.12. The molecule has 0 saturated carbocycles. The van der Waals surface area contributed by atoms with Gasteiger partial charge in [-0.2, -0.15) is 5.10 Å². The number of aromatic amines is 1. The Morgan fingerprint density at radius 2 is 1.72 bits per heavy atom. The second-order valence-corrected chi connectivity index (χ2v) is 7.23. The molecule has 29 heavy (non-hydrogen) atoms. The van der Waals surface area contributed by atoms with E-state index < -0.39 is 0 Å². The lowest BCUT2D eigenvalue weighted by Gasteiger charge is -2.08. The zero-order valence-corrected chi connectivity index (χ0v) is 16.3. The molecular weight excluding hydrogens is 358 g/mol.